The summed E-state index contributed by atoms with van der Waals surface area (Å²) in [5, 5.41) is 38.2. The third-order valence-corrected chi connectivity index (χ3v) is 3.83. The van der Waals surface area contributed by atoms with Crippen molar-refractivity contribution in [1.29, 1.82) is 0 Å². The molecule has 1 aliphatic heterocycles. The zero-order chi connectivity index (χ0) is 13.4. The molecule has 0 amide bonds. The number of rotatable bonds is 4. The van der Waals surface area contributed by atoms with Gasteiger partial charge in [0.25, 0.3) is 0 Å². The monoisotopic (exact) mass is 255 g/mol. The van der Waals surface area contributed by atoms with Gasteiger partial charge in [-0.2, -0.15) is 0 Å². The summed E-state index contributed by atoms with van der Waals surface area (Å²) in [6.45, 7) is 0.569. The fourth-order valence-electron chi connectivity index (χ4n) is 2.91. The van der Waals surface area contributed by atoms with Crippen LogP contribution in [0.15, 0.2) is 0 Å². The Morgan fingerprint density at radius 1 is 1.17 bits per heavy atom. The van der Waals surface area contributed by atoms with Gasteiger partial charge < -0.3 is 20.4 Å². The second-order valence-electron chi connectivity index (χ2n) is 4.86. The Hall–Kier alpha value is -1.13. The van der Waals surface area contributed by atoms with Crippen molar-refractivity contribution in [2.75, 3.05) is 6.54 Å². The van der Waals surface area contributed by atoms with Crippen molar-refractivity contribution in [2.24, 2.45) is 5.92 Å². The number of aliphatic carboxylic acids is 1. The number of carbonyl (C=O) groups is 1. The van der Waals surface area contributed by atoms with Gasteiger partial charge in [-0.15, -0.1) is 12.3 Å². The SMILES string of the molecule is C#CCCCN1C2C(O)C(O)C(O)C(C(=O)O)C21. The van der Waals surface area contributed by atoms with E-state index in [2.05, 4.69) is 5.92 Å². The summed E-state index contributed by atoms with van der Waals surface area (Å²) in [4.78, 5) is 12.9. The largest absolute Gasteiger partial charge is 0.481 e. The van der Waals surface area contributed by atoms with Crippen molar-refractivity contribution < 1.29 is 25.2 Å². The third kappa shape index (κ3) is 1.99. The molecule has 0 aromatic rings. The van der Waals surface area contributed by atoms with Gasteiger partial charge in [0.05, 0.1) is 18.2 Å². The third-order valence-electron chi connectivity index (χ3n) is 3.83. The second kappa shape index (κ2) is 4.86. The summed E-state index contributed by atoms with van der Waals surface area (Å²) in [5.41, 5.74) is 0. The van der Waals surface area contributed by atoms with E-state index in [0.29, 0.717) is 19.4 Å². The normalized spacial score (nSPS) is 46.0. The molecular formula is C12H17NO5. The number of carboxylic acid groups (broad SMARTS) is 1. The molecule has 2 aliphatic rings. The summed E-state index contributed by atoms with van der Waals surface area (Å²) < 4.78 is 0. The molecule has 0 aromatic heterocycles. The number of likely N-dealkylation sites (tertiary alicyclic amines) is 1. The Morgan fingerprint density at radius 2 is 1.83 bits per heavy atom. The minimum atomic E-state index is -1.43. The molecule has 7 atom stereocenters. The molecule has 2 rings (SSSR count). The number of aliphatic hydroxyl groups is 3. The molecular weight excluding hydrogens is 238 g/mol. The fraction of sp³-hybridized carbons (Fsp3) is 0.750. The van der Waals surface area contributed by atoms with E-state index in [4.69, 9.17) is 11.5 Å². The van der Waals surface area contributed by atoms with E-state index < -0.39 is 36.2 Å². The molecule has 18 heavy (non-hydrogen) atoms. The predicted molar refractivity (Wildman–Crippen MR) is 61.5 cm³/mol. The van der Waals surface area contributed by atoms with Crippen molar-refractivity contribution >= 4 is 5.97 Å². The molecule has 1 saturated carbocycles. The highest BCUT2D eigenvalue weighted by Crippen LogP contribution is 2.44. The molecule has 6 heteroatoms. The van der Waals surface area contributed by atoms with Gasteiger partial charge in [-0.05, 0) is 13.0 Å². The molecule has 2 fully saturated rings. The molecule has 7 unspecified atom stereocenters. The van der Waals surface area contributed by atoms with Gasteiger partial charge in [-0.3, -0.25) is 9.69 Å². The lowest BCUT2D eigenvalue weighted by Gasteiger charge is -2.30. The fourth-order valence-corrected chi connectivity index (χ4v) is 2.91. The van der Waals surface area contributed by atoms with Crippen molar-refractivity contribution in [1.82, 2.24) is 4.90 Å². The van der Waals surface area contributed by atoms with Gasteiger partial charge in [0.15, 0.2) is 0 Å². The molecule has 0 radical (unpaired) electrons. The van der Waals surface area contributed by atoms with E-state index in [1.807, 2.05) is 0 Å². The summed E-state index contributed by atoms with van der Waals surface area (Å²) in [6.07, 6.45) is 2.47. The summed E-state index contributed by atoms with van der Waals surface area (Å²) >= 11 is 0. The van der Waals surface area contributed by atoms with Crippen LogP contribution in [0.2, 0.25) is 0 Å². The number of aliphatic hydroxyl groups excluding tert-OH is 3. The number of unbranched alkanes of at least 4 members (excludes halogenated alkanes) is 1. The van der Waals surface area contributed by atoms with Crippen LogP contribution in [0.3, 0.4) is 0 Å². The molecule has 0 bridgehead atoms. The van der Waals surface area contributed by atoms with E-state index in [9.17, 15) is 20.1 Å². The second-order valence-corrected chi connectivity index (χ2v) is 4.86. The Morgan fingerprint density at radius 3 is 2.39 bits per heavy atom. The predicted octanol–water partition coefficient (Wildman–Crippen LogP) is -1.75. The van der Waals surface area contributed by atoms with Gasteiger partial charge in [0.2, 0.25) is 0 Å². The lowest BCUT2D eigenvalue weighted by Crippen LogP contribution is -2.53. The Balaban J connectivity index is 2.07. The number of hydrogen-bond donors (Lipinski definition) is 4. The van der Waals surface area contributed by atoms with Crippen molar-refractivity contribution in [2.45, 2.75) is 43.2 Å². The molecule has 1 saturated heterocycles. The Labute approximate surface area is 105 Å². The van der Waals surface area contributed by atoms with Crippen LogP contribution in [0.5, 0.6) is 0 Å². The average Bonchev–Trinajstić information content (AvgIpc) is 3.00. The van der Waals surface area contributed by atoms with E-state index in [-0.39, 0.29) is 6.04 Å². The topological polar surface area (TPSA) is 101 Å². The quantitative estimate of drug-likeness (QED) is 0.270. The van der Waals surface area contributed by atoms with Crippen LogP contribution >= 0.6 is 0 Å². The summed E-state index contributed by atoms with van der Waals surface area (Å²) in [6, 6.07) is -0.795. The van der Waals surface area contributed by atoms with Gasteiger partial charge in [0, 0.05) is 12.5 Å². The highest BCUT2D eigenvalue weighted by Gasteiger charge is 2.65. The number of hydrogen-bond acceptors (Lipinski definition) is 5. The zero-order valence-corrected chi connectivity index (χ0v) is 9.81. The maximum atomic E-state index is 11.1. The first-order valence-corrected chi connectivity index (χ1v) is 5.97. The standard InChI is InChI=1S/C12H17NO5/c1-2-3-4-5-13-7-6(12(17)18)9(14)11(16)10(15)8(7)13/h1,6-11,14-16H,3-5H2,(H,17,18). The van der Waals surface area contributed by atoms with Gasteiger partial charge in [-0.1, -0.05) is 0 Å². The first-order chi connectivity index (χ1) is 8.50. The molecule has 6 nitrogen and oxygen atoms in total. The number of terminal acetylenes is 1. The maximum absolute atomic E-state index is 11.1. The van der Waals surface area contributed by atoms with Crippen LogP contribution in [-0.2, 0) is 4.79 Å². The van der Waals surface area contributed by atoms with Crippen LogP contribution < -0.4 is 0 Å². The molecule has 0 aromatic carbocycles. The van der Waals surface area contributed by atoms with E-state index in [0.717, 1.165) is 0 Å². The molecule has 0 spiro atoms. The molecule has 4 N–H and O–H groups in total. The smallest absolute Gasteiger partial charge is 0.310 e. The number of carboxylic acids is 1. The number of nitrogens with zero attached hydrogens (tertiary/aromatic N) is 1. The van der Waals surface area contributed by atoms with Crippen LogP contribution in [-0.4, -0.2) is 68.2 Å². The lowest BCUT2D eigenvalue weighted by molar-refractivity contribution is -0.156. The lowest BCUT2D eigenvalue weighted by atomic mass is 9.83. The summed E-state index contributed by atoms with van der Waals surface area (Å²) in [5.74, 6) is 0.284. The van der Waals surface area contributed by atoms with Crippen molar-refractivity contribution in [3.63, 3.8) is 0 Å². The van der Waals surface area contributed by atoms with Crippen molar-refractivity contribution in [3.8, 4) is 12.3 Å². The maximum Gasteiger partial charge on any atom is 0.310 e. The molecule has 100 valence electrons. The minimum Gasteiger partial charge on any atom is -0.481 e. The minimum absolute atomic E-state index is 0.387. The van der Waals surface area contributed by atoms with Crippen LogP contribution in [0, 0.1) is 18.3 Å². The van der Waals surface area contributed by atoms with Crippen molar-refractivity contribution in [3.05, 3.63) is 0 Å². The van der Waals surface area contributed by atoms with Crippen LogP contribution in [0.25, 0.3) is 0 Å². The highest BCUT2D eigenvalue weighted by atomic mass is 16.4. The average molecular weight is 255 g/mol. The zero-order valence-electron chi connectivity index (χ0n) is 9.81. The molecule has 1 heterocycles. The van der Waals surface area contributed by atoms with Crippen LogP contribution in [0.1, 0.15) is 12.8 Å². The Kier molecular flexibility index (Phi) is 3.59. The first kappa shape index (κ1) is 13.3. The highest BCUT2D eigenvalue weighted by molar-refractivity contribution is 5.73. The van der Waals surface area contributed by atoms with Crippen LogP contribution in [0.4, 0.5) is 0 Å². The Bertz CT molecular complexity index is 379. The van der Waals surface area contributed by atoms with E-state index in [1.165, 1.54) is 0 Å². The van der Waals surface area contributed by atoms with Gasteiger partial charge >= 0.3 is 5.97 Å². The van der Waals surface area contributed by atoms with E-state index in [1.54, 1.807) is 4.90 Å². The number of fused-ring (bicyclic) bond motifs is 1. The van der Waals surface area contributed by atoms with Gasteiger partial charge in [-0.25, -0.2) is 0 Å². The van der Waals surface area contributed by atoms with Gasteiger partial charge in [0.1, 0.15) is 12.0 Å². The summed E-state index contributed by atoms with van der Waals surface area (Å²) in [7, 11) is 0. The van der Waals surface area contributed by atoms with E-state index >= 15 is 0 Å². The molecule has 1 aliphatic carbocycles. The first-order valence-electron chi connectivity index (χ1n) is 5.97.